The lowest BCUT2D eigenvalue weighted by molar-refractivity contribution is -0.121. The molecule has 0 radical (unpaired) electrons. The average molecular weight is 396 g/mol. The standard InChI is InChI=1S/C17H21N3O4S2/c1-3-24-16(23)13-9-5-4-8(2)6-10(9)25-15(13)19-12(21)7-11-14(22)20-17(18)26-11/h8,11H,3-7H2,1-2H3,(H,19,21)(H2,18,20,22)/t8-,11+/m0/s1. The second kappa shape index (κ2) is 7.79. The van der Waals surface area contributed by atoms with Gasteiger partial charge in [-0.05, 0) is 37.7 Å². The van der Waals surface area contributed by atoms with Crippen LogP contribution in [-0.4, -0.2) is 34.8 Å². The van der Waals surface area contributed by atoms with Gasteiger partial charge in [0, 0.05) is 11.3 Å². The summed E-state index contributed by atoms with van der Waals surface area (Å²) in [6.07, 6.45) is 2.67. The van der Waals surface area contributed by atoms with Gasteiger partial charge < -0.3 is 15.8 Å². The Labute approximate surface area is 159 Å². The molecule has 2 aliphatic rings. The summed E-state index contributed by atoms with van der Waals surface area (Å²) < 4.78 is 5.19. The number of carbonyl (C=O) groups is 3. The van der Waals surface area contributed by atoms with Crippen LogP contribution in [0, 0.1) is 5.92 Å². The van der Waals surface area contributed by atoms with Crippen LogP contribution in [-0.2, 0) is 27.2 Å². The fourth-order valence-electron chi connectivity index (χ4n) is 3.14. The van der Waals surface area contributed by atoms with Crippen molar-refractivity contribution in [2.24, 2.45) is 16.6 Å². The number of nitrogens with zero attached hydrogens (tertiary/aromatic N) is 1. The topological polar surface area (TPSA) is 111 Å². The number of aliphatic imine (C=N–C) groups is 1. The van der Waals surface area contributed by atoms with Crippen LogP contribution >= 0.6 is 23.1 Å². The molecule has 0 aromatic carbocycles. The zero-order chi connectivity index (χ0) is 18.8. The molecule has 0 bridgehead atoms. The third-order valence-electron chi connectivity index (χ3n) is 4.37. The lowest BCUT2D eigenvalue weighted by atomic mass is 9.88. The zero-order valence-electron chi connectivity index (χ0n) is 14.7. The highest BCUT2D eigenvalue weighted by Crippen LogP contribution is 2.40. The first-order valence-corrected chi connectivity index (χ1v) is 10.2. The van der Waals surface area contributed by atoms with Crippen molar-refractivity contribution in [2.45, 2.75) is 44.8 Å². The number of anilines is 1. The van der Waals surface area contributed by atoms with Crippen LogP contribution in [0.4, 0.5) is 5.00 Å². The minimum Gasteiger partial charge on any atom is -0.462 e. The van der Waals surface area contributed by atoms with Crippen molar-refractivity contribution in [1.82, 2.24) is 0 Å². The molecule has 0 saturated heterocycles. The van der Waals surface area contributed by atoms with Crippen LogP contribution in [0.2, 0.25) is 0 Å². The Bertz CT molecular complexity index is 787. The lowest BCUT2D eigenvalue weighted by Crippen LogP contribution is -2.22. The van der Waals surface area contributed by atoms with Crippen molar-refractivity contribution >= 4 is 51.1 Å². The lowest BCUT2D eigenvalue weighted by Gasteiger charge is -2.18. The predicted molar refractivity (Wildman–Crippen MR) is 103 cm³/mol. The smallest absolute Gasteiger partial charge is 0.341 e. The van der Waals surface area contributed by atoms with Crippen molar-refractivity contribution < 1.29 is 19.1 Å². The summed E-state index contributed by atoms with van der Waals surface area (Å²) in [4.78, 5) is 41.3. The molecule has 1 aromatic heterocycles. The number of thiophene rings is 1. The second-order valence-electron chi connectivity index (χ2n) is 6.42. The number of rotatable bonds is 5. The van der Waals surface area contributed by atoms with Crippen molar-refractivity contribution in [2.75, 3.05) is 11.9 Å². The number of amides is 2. The molecule has 0 spiro atoms. The molecule has 3 N–H and O–H groups in total. The van der Waals surface area contributed by atoms with Crippen molar-refractivity contribution in [3.05, 3.63) is 16.0 Å². The van der Waals surface area contributed by atoms with Crippen molar-refractivity contribution in [1.29, 1.82) is 0 Å². The summed E-state index contributed by atoms with van der Waals surface area (Å²) >= 11 is 2.52. The minimum atomic E-state index is -0.601. The van der Waals surface area contributed by atoms with Gasteiger partial charge in [-0.25, -0.2) is 4.79 Å². The highest BCUT2D eigenvalue weighted by molar-refractivity contribution is 8.15. The number of esters is 1. The van der Waals surface area contributed by atoms with Crippen LogP contribution in [0.1, 0.15) is 47.5 Å². The Morgan fingerprint density at radius 2 is 2.19 bits per heavy atom. The van der Waals surface area contributed by atoms with Gasteiger partial charge in [-0.1, -0.05) is 18.7 Å². The van der Waals surface area contributed by atoms with Gasteiger partial charge in [0.2, 0.25) is 5.91 Å². The number of nitrogens with two attached hydrogens (primary N) is 1. The summed E-state index contributed by atoms with van der Waals surface area (Å²) in [5, 5.41) is 2.90. The zero-order valence-corrected chi connectivity index (χ0v) is 16.3. The SMILES string of the molecule is CCOC(=O)c1c(NC(=O)C[C@H]2SC(N)=NC2=O)sc2c1CC[C@H](C)C2. The van der Waals surface area contributed by atoms with E-state index >= 15 is 0 Å². The number of thioether (sulfide) groups is 1. The number of carbonyl (C=O) groups excluding carboxylic acids is 3. The Kier molecular flexibility index (Phi) is 5.67. The number of hydrogen-bond donors (Lipinski definition) is 2. The van der Waals surface area contributed by atoms with E-state index in [1.807, 2.05) is 0 Å². The first-order valence-electron chi connectivity index (χ1n) is 8.55. The molecule has 1 aliphatic carbocycles. The first kappa shape index (κ1) is 18.9. The molecule has 3 rings (SSSR count). The molecular formula is C17H21N3O4S2. The van der Waals surface area contributed by atoms with Gasteiger partial charge in [0.25, 0.3) is 5.91 Å². The van der Waals surface area contributed by atoms with Crippen LogP contribution in [0.25, 0.3) is 0 Å². The Balaban J connectivity index is 1.79. The summed E-state index contributed by atoms with van der Waals surface area (Å²) in [5.41, 5.74) is 6.97. The fraction of sp³-hybridized carbons (Fsp3) is 0.529. The van der Waals surface area contributed by atoms with E-state index < -0.39 is 17.1 Å². The molecule has 2 heterocycles. The van der Waals surface area contributed by atoms with Crippen LogP contribution in [0.15, 0.2) is 4.99 Å². The molecule has 7 nitrogen and oxygen atoms in total. The maximum Gasteiger partial charge on any atom is 0.341 e. The Morgan fingerprint density at radius 3 is 2.85 bits per heavy atom. The van der Waals surface area contributed by atoms with E-state index in [-0.39, 0.29) is 24.1 Å². The first-order chi connectivity index (χ1) is 12.4. The van der Waals surface area contributed by atoms with Crippen molar-refractivity contribution in [3.8, 4) is 0 Å². The summed E-state index contributed by atoms with van der Waals surface area (Å²) in [6.45, 7) is 4.21. The van der Waals surface area contributed by atoms with Crippen LogP contribution < -0.4 is 11.1 Å². The van der Waals surface area contributed by atoms with E-state index in [9.17, 15) is 14.4 Å². The van der Waals surface area contributed by atoms with E-state index in [2.05, 4.69) is 17.2 Å². The van der Waals surface area contributed by atoms with Gasteiger partial charge >= 0.3 is 5.97 Å². The third-order valence-corrected chi connectivity index (χ3v) is 6.53. The van der Waals surface area contributed by atoms with E-state index in [4.69, 9.17) is 10.5 Å². The molecule has 9 heteroatoms. The third kappa shape index (κ3) is 3.93. The molecule has 0 unspecified atom stereocenters. The summed E-state index contributed by atoms with van der Waals surface area (Å²) in [7, 11) is 0. The normalized spacial score (nSPS) is 21.9. The predicted octanol–water partition coefficient (Wildman–Crippen LogP) is 2.33. The Morgan fingerprint density at radius 1 is 1.42 bits per heavy atom. The Hall–Kier alpha value is -1.87. The van der Waals surface area contributed by atoms with E-state index in [1.54, 1.807) is 6.92 Å². The molecule has 1 aromatic rings. The minimum absolute atomic E-state index is 0.0328. The number of amidine groups is 1. The van der Waals surface area contributed by atoms with Gasteiger partial charge in [-0.3, -0.25) is 9.59 Å². The van der Waals surface area contributed by atoms with Gasteiger partial charge in [-0.2, -0.15) is 4.99 Å². The average Bonchev–Trinajstić information content (AvgIpc) is 3.06. The highest BCUT2D eigenvalue weighted by Gasteiger charge is 2.32. The van der Waals surface area contributed by atoms with Gasteiger partial charge in [0.1, 0.15) is 10.3 Å². The second-order valence-corrected chi connectivity index (χ2v) is 8.75. The summed E-state index contributed by atoms with van der Waals surface area (Å²) in [5.74, 6) is -0.591. The van der Waals surface area contributed by atoms with Crippen LogP contribution in [0.3, 0.4) is 0 Å². The molecule has 2 amide bonds. The van der Waals surface area contributed by atoms with E-state index in [0.717, 1.165) is 41.5 Å². The molecule has 0 saturated carbocycles. The maximum absolute atomic E-state index is 12.4. The molecule has 0 fully saturated rings. The molecule has 140 valence electrons. The molecule has 26 heavy (non-hydrogen) atoms. The monoisotopic (exact) mass is 395 g/mol. The van der Waals surface area contributed by atoms with Gasteiger partial charge in [-0.15, -0.1) is 11.3 Å². The number of ether oxygens (including phenoxy) is 1. The van der Waals surface area contributed by atoms with Crippen molar-refractivity contribution in [3.63, 3.8) is 0 Å². The van der Waals surface area contributed by atoms with Crippen LogP contribution in [0.5, 0.6) is 0 Å². The molecular weight excluding hydrogens is 374 g/mol. The van der Waals surface area contributed by atoms with E-state index in [1.165, 1.54) is 11.3 Å². The van der Waals surface area contributed by atoms with Gasteiger partial charge in [0.15, 0.2) is 5.17 Å². The van der Waals surface area contributed by atoms with E-state index in [0.29, 0.717) is 16.5 Å². The number of nitrogens with one attached hydrogen (secondary N) is 1. The van der Waals surface area contributed by atoms with Gasteiger partial charge in [0.05, 0.1) is 12.2 Å². The summed E-state index contributed by atoms with van der Waals surface area (Å²) in [6, 6.07) is 0. The highest BCUT2D eigenvalue weighted by atomic mass is 32.2. The number of fused-ring (bicyclic) bond motifs is 1. The quantitative estimate of drug-likeness (QED) is 0.740. The molecule has 2 atom stereocenters. The maximum atomic E-state index is 12.4. The largest absolute Gasteiger partial charge is 0.462 e. The fourth-order valence-corrected chi connectivity index (χ4v) is 5.37. The number of hydrogen-bond acceptors (Lipinski definition) is 7. The molecule has 1 aliphatic heterocycles.